The molecule has 2 N–H and O–H groups in total. The number of likely N-dealkylation sites (tertiary alicyclic amines) is 1. The maximum absolute atomic E-state index is 12.5. The topological polar surface area (TPSA) is 77.8 Å². The van der Waals surface area contributed by atoms with Crippen molar-refractivity contribution in [1.82, 2.24) is 4.90 Å². The third-order valence-corrected chi connectivity index (χ3v) is 3.90. The largest absolute Gasteiger partial charge is 0.479 e. The Labute approximate surface area is 124 Å². The Kier molecular flexibility index (Phi) is 4.04. The van der Waals surface area contributed by atoms with Gasteiger partial charge >= 0.3 is 18.2 Å². The zero-order chi connectivity index (χ0) is 16.5. The van der Waals surface area contributed by atoms with Gasteiger partial charge in [-0.1, -0.05) is 12.1 Å². The highest BCUT2D eigenvalue weighted by atomic mass is 19.4. The first-order valence-corrected chi connectivity index (χ1v) is 6.57. The molecule has 0 spiro atoms. The van der Waals surface area contributed by atoms with Gasteiger partial charge in [-0.3, -0.25) is 4.90 Å². The van der Waals surface area contributed by atoms with Crippen LogP contribution < -0.4 is 0 Å². The van der Waals surface area contributed by atoms with Gasteiger partial charge in [0.1, 0.15) is 5.54 Å². The molecule has 1 saturated heterocycles. The first kappa shape index (κ1) is 16.1. The Morgan fingerprint density at radius 1 is 1.18 bits per heavy atom. The normalized spacial score (nSPS) is 21.9. The lowest BCUT2D eigenvalue weighted by atomic mass is 9.88. The van der Waals surface area contributed by atoms with E-state index in [4.69, 9.17) is 5.11 Å². The van der Waals surface area contributed by atoms with Crippen LogP contribution in [0.5, 0.6) is 0 Å². The minimum atomic E-state index is -4.47. The lowest BCUT2D eigenvalue weighted by molar-refractivity contribution is -0.148. The number of carboxylic acid groups (broad SMARTS) is 2. The van der Waals surface area contributed by atoms with Gasteiger partial charge in [-0.15, -0.1) is 0 Å². The Bertz CT molecular complexity index is 585. The van der Waals surface area contributed by atoms with E-state index >= 15 is 0 Å². The molecule has 2 rings (SSSR count). The van der Waals surface area contributed by atoms with E-state index in [0.717, 1.165) is 17.0 Å². The van der Waals surface area contributed by atoms with Crippen LogP contribution >= 0.6 is 0 Å². The van der Waals surface area contributed by atoms with Gasteiger partial charge in [0, 0.05) is 13.0 Å². The number of carbonyl (C=O) groups is 2. The number of hydrogen-bond donors (Lipinski definition) is 2. The van der Waals surface area contributed by atoms with E-state index in [-0.39, 0.29) is 19.4 Å². The van der Waals surface area contributed by atoms with Gasteiger partial charge in [-0.25, -0.2) is 9.59 Å². The monoisotopic (exact) mass is 317 g/mol. The number of benzene rings is 1. The van der Waals surface area contributed by atoms with Crippen LogP contribution in [0.1, 0.15) is 24.0 Å². The van der Waals surface area contributed by atoms with Crippen molar-refractivity contribution in [3.05, 3.63) is 35.4 Å². The van der Waals surface area contributed by atoms with Crippen molar-refractivity contribution in [2.45, 2.75) is 31.0 Å². The summed E-state index contributed by atoms with van der Waals surface area (Å²) in [6.07, 6.45) is -5.43. The van der Waals surface area contributed by atoms with E-state index in [1.165, 1.54) is 12.1 Å². The Balaban J connectivity index is 2.29. The smallest absolute Gasteiger partial charge is 0.416 e. The number of rotatable bonds is 3. The summed E-state index contributed by atoms with van der Waals surface area (Å²) in [4.78, 5) is 23.6. The molecule has 120 valence electrons. The third kappa shape index (κ3) is 2.86. The highest BCUT2D eigenvalue weighted by Gasteiger charge is 2.50. The van der Waals surface area contributed by atoms with Crippen molar-refractivity contribution >= 4 is 12.1 Å². The summed E-state index contributed by atoms with van der Waals surface area (Å²) in [7, 11) is 0. The minimum absolute atomic E-state index is 0.0995. The Morgan fingerprint density at radius 3 is 2.23 bits per heavy atom. The molecule has 0 aromatic heterocycles. The molecule has 22 heavy (non-hydrogen) atoms. The van der Waals surface area contributed by atoms with Crippen molar-refractivity contribution in [3.8, 4) is 0 Å². The van der Waals surface area contributed by atoms with E-state index < -0.39 is 29.3 Å². The van der Waals surface area contributed by atoms with Crippen LogP contribution in [0.2, 0.25) is 0 Å². The fraction of sp³-hybridized carbons (Fsp3) is 0.429. The number of alkyl halides is 3. The van der Waals surface area contributed by atoms with Crippen molar-refractivity contribution < 1.29 is 33.0 Å². The Morgan fingerprint density at radius 2 is 1.77 bits per heavy atom. The van der Waals surface area contributed by atoms with Crippen LogP contribution in [-0.4, -0.2) is 39.3 Å². The summed E-state index contributed by atoms with van der Waals surface area (Å²) in [6, 6.07) is 4.10. The molecule has 1 aliphatic heterocycles. The van der Waals surface area contributed by atoms with E-state index in [2.05, 4.69) is 0 Å². The molecule has 1 fully saturated rings. The molecule has 1 unspecified atom stereocenters. The molecule has 1 atom stereocenters. The van der Waals surface area contributed by atoms with Gasteiger partial charge in [0.05, 0.1) is 5.56 Å². The highest BCUT2D eigenvalue weighted by Crippen LogP contribution is 2.34. The second kappa shape index (κ2) is 5.51. The molecule has 0 saturated carbocycles. The van der Waals surface area contributed by atoms with Gasteiger partial charge in [-0.05, 0) is 30.5 Å². The molecule has 1 aromatic carbocycles. The number of hydrogen-bond acceptors (Lipinski definition) is 2. The Hall–Kier alpha value is -2.25. The molecule has 1 aliphatic rings. The fourth-order valence-electron chi connectivity index (χ4n) is 2.79. The molecule has 0 bridgehead atoms. The zero-order valence-electron chi connectivity index (χ0n) is 11.4. The molecule has 5 nitrogen and oxygen atoms in total. The van der Waals surface area contributed by atoms with Crippen molar-refractivity contribution in [2.75, 3.05) is 6.54 Å². The van der Waals surface area contributed by atoms with Crippen molar-refractivity contribution in [1.29, 1.82) is 0 Å². The van der Waals surface area contributed by atoms with E-state index in [0.29, 0.717) is 12.0 Å². The van der Waals surface area contributed by atoms with Gasteiger partial charge in [0.15, 0.2) is 0 Å². The molecule has 1 aromatic rings. The van der Waals surface area contributed by atoms with Crippen LogP contribution in [0.3, 0.4) is 0 Å². The predicted molar refractivity (Wildman–Crippen MR) is 69.5 cm³/mol. The predicted octanol–water partition coefficient (Wildman–Crippen LogP) is 2.85. The van der Waals surface area contributed by atoms with Crippen LogP contribution in [0.25, 0.3) is 0 Å². The molecule has 0 aliphatic carbocycles. The summed E-state index contributed by atoms with van der Waals surface area (Å²) in [5, 5.41) is 18.6. The van der Waals surface area contributed by atoms with Gasteiger partial charge < -0.3 is 10.2 Å². The summed E-state index contributed by atoms with van der Waals surface area (Å²) in [5.41, 5.74) is -2.10. The molecule has 8 heteroatoms. The maximum atomic E-state index is 12.5. The fourth-order valence-corrected chi connectivity index (χ4v) is 2.79. The first-order chi connectivity index (χ1) is 10.2. The standard InChI is InChI=1S/C14H14F3NO4/c15-14(16,17)10-4-2-9(3-5-10)8-13(11(19)20)6-1-7-18(13)12(21)22/h2-5H,1,6-8H2,(H,19,20)(H,21,22). The molecular weight excluding hydrogens is 303 g/mol. The summed E-state index contributed by atoms with van der Waals surface area (Å²) < 4.78 is 37.5. The SMILES string of the molecule is O=C(O)N1CCCC1(Cc1ccc(C(F)(F)F)cc1)C(=O)O. The highest BCUT2D eigenvalue weighted by molar-refractivity contribution is 5.85. The number of nitrogens with zero attached hydrogens (tertiary/aromatic N) is 1. The summed E-state index contributed by atoms with van der Waals surface area (Å²) in [6.45, 7) is 0.0995. The molecule has 1 heterocycles. The lowest BCUT2D eigenvalue weighted by Crippen LogP contribution is -2.54. The number of carboxylic acids is 1. The van der Waals surface area contributed by atoms with E-state index in [1.807, 2.05) is 0 Å². The van der Waals surface area contributed by atoms with Gasteiger partial charge in [0.25, 0.3) is 0 Å². The minimum Gasteiger partial charge on any atom is -0.479 e. The van der Waals surface area contributed by atoms with Crippen LogP contribution in [0.15, 0.2) is 24.3 Å². The van der Waals surface area contributed by atoms with Crippen LogP contribution in [0.4, 0.5) is 18.0 Å². The van der Waals surface area contributed by atoms with Crippen LogP contribution in [0, 0.1) is 0 Å². The summed E-state index contributed by atoms with van der Waals surface area (Å²) in [5.74, 6) is -1.28. The third-order valence-electron chi connectivity index (χ3n) is 3.90. The number of amides is 1. The van der Waals surface area contributed by atoms with Crippen LogP contribution in [-0.2, 0) is 17.4 Å². The molecule has 0 radical (unpaired) electrons. The molecule has 1 amide bonds. The first-order valence-electron chi connectivity index (χ1n) is 6.57. The zero-order valence-corrected chi connectivity index (χ0v) is 11.4. The summed E-state index contributed by atoms with van der Waals surface area (Å²) >= 11 is 0. The van der Waals surface area contributed by atoms with Crippen molar-refractivity contribution in [2.24, 2.45) is 0 Å². The second-order valence-electron chi connectivity index (χ2n) is 5.25. The number of halogens is 3. The second-order valence-corrected chi connectivity index (χ2v) is 5.25. The average Bonchev–Trinajstić information content (AvgIpc) is 2.83. The van der Waals surface area contributed by atoms with Crippen molar-refractivity contribution in [3.63, 3.8) is 0 Å². The lowest BCUT2D eigenvalue weighted by Gasteiger charge is -2.32. The maximum Gasteiger partial charge on any atom is 0.416 e. The average molecular weight is 317 g/mol. The quantitative estimate of drug-likeness (QED) is 0.898. The molecular formula is C14H14F3NO4. The van der Waals surface area contributed by atoms with Gasteiger partial charge in [-0.2, -0.15) is 13.2 Å². The number of aliphatic carboxylic acids is 1. The van der Waals surface area contributed by atoms with E-state index in [9.17, 15) is 27.9 Å². The van der Waals surface area contributed by atoms with Gasteiger partial charge in [0.2, 0.25) is 0 Å². The van der Waals surface area contributed by atoms with E-state index in [1.54, 1.807) is 0 Å².